The predicted octanol–water partition coefficient (Wildman–Crippen LogP) is 4.32. The molecular weight excluding hydrogens is 301 g/mol. The molecule has 2 nitrogen and oxygen atoms in total. The molecule has 0 unspecified atom stereocenters. The Labute approximate surface area is 142 Å². The summed E-state index contributed by atoms with van der Waals surface area (Å²) in [6.45, 7) is 1.55. The van der Waals surface area contributed by atoms with Crippen LogP contribution in [0.2, 0.25) is 0 Å². The summed E-state index contributed by atoms with van der Waals surface area (Å²) in [5.74, 6) is 0.298. The lowest BCUT2D eigenvalue weighted by Gasteiger charge is -2.31. The average Bonchev–Trinajstić information content (AvgIpc) is 2.62. The monoisotopic (exact) mass is 323 g/mol. The summed E-state index contributed by atoms with van der Waals surface area (Å²) in [6, 6.07) is 17.0. The van der Waals surface area contributed by atoms with Crippen molar-refractivity contribution < 1.29 is 9.18 Å². The van der Waals surface area contributed by atoms with Crippen LogP contribution in [0.25, 0.3) is 6.08 Å². The van der Waals surface area contributed by atoms with Crippen LogP contribution in [0.1, 0.15) is 24.0 Å². The Morgan fingerprint density at radius 2 is 1.71 bits per heavy atom. The van der Waals surface area contributed by atoms with Gasteiger partial charge in [-0.3, -0.25) is 4.79 Å². The molecule has 0 atom stereocenters. The summed E-state index contributed by atoms with van der Waals surface area (Å²) in [6.07, 6.45) is 6.17. The molecule has 0 bridgehead atoms. The molecular formula is C21H22FNO. The van der Waals surface area contributed by atoms with Crippen molar-refractivity contribution in [2.45, 2.75) is 19.3 Å². The highest BCUT2D eigenvalue weighted by molar-refractivity contribution is 5.91. The number of carbonyl (C=O) groups excluding carboxylic acids is 1. The van der Waals surface area contributed by atoms with Crippen LogP contribution in [0.15, 0.2) is 60.7 Å². The van der Waals surface area contributed by atoms with E-state index in [9.17, 15) is 9.18 Å². The van der Waals surface area contributed by atoms with Gasteiger partial charge in [0.05, 0.1) is 0 Å². The Morgan fingerprint density at radius 3 is 2.42 bits per heavy atom. The number of hydrogen-bond acceptors (Lipinski definition) is 1. The topological polar surface area (TPSA) is 20.3 Å². The van der Waals surface area contributed by atoms with Crippen LogP contribution in [-0.2, 0) is 11.2 Å². The van der Waals surface area contributed by atoms with Gasteiger partial charge in [-0.25, -0.2) is 4.39 Å². The summed E-state index contributed by atoms with van der Waals surface area (Å²) in [5, 5.41) is 0. The minimum absolute atomic E-state index is 0.0311. The fraction of sp³-hybridized carbons (Fsp3) is 0.286. The number of piperidine rings is 1. The summed E-state index contributed by atoms with van der Waals surface area (Å²) < 4.78 is 13.6. The first kappa shape index (κ1) is 16.4. The molecule has 2 aromatic rings. The third-order valence-electron chi connectivity index (χ3n) is 4.60. The normalized spacial score (nSPS) is 15.8. The van der Waals surface area contributed by atoms with Crippen molar-refractivity contribution in [3.8, 4) is 0 Å². The zero-order chi connectivity index (χ0) is 16.8. The van der Waals surface area contributed by atoms with Gasteiger partial charge in [-0.2, -0.15) is 0 Å². The Hall–Kier alpha value is -2.42. The zero-order valence-corrected chi connectivity index (χ0v) is 13.7. The van der Waals surface area contributed by atoms with Gasteiger partial charge in [-0.15, -0.1) is 0 Å². The summed E-state index contributed by atoms with van der Waals surface area (Å²) in [5.41, 5.74) is 1.81. The van der Waals surface area contributed by atoms with Gasteiger partial charge in [0, 0.05) is 24.7 Å². The molecule has 3 rings (SSSR count). The number of likely N-dealkylation sites (tertiary alicyclic amines) is 1. The Morgan fingerprint density at radius 1 is 1.04 bits per heavy atom. The van der Waals surface area contributed by atoms with Crippen LogP contribution in [0, 0.1) is 11.7 Å². The number of rotatable bonds is 4. The van der Waals surface area contributed by atoms with Crippen molar-refractivity contribution >= 4 is 12.0 Å². The molecule has 0 saturated carbocycles. The number of nitrogens with zero attached hydrogens (tertiary/aromatic N) is 1. The molecule has 1 fully saturated rings. The summed E-state index contributed by atoms with van der Waals surface area (Å²) in [4.78, 5) is 14.1. The Balaban J connectivity index is 1.51. The minimum atomic E-state index is -0.303. The fourth-order valence-electron chi connectivity index (χ4n) is 3.18. The predicted molar refractivity (Wildman–Crippen MR) is 94.9 cm³/mol. The van der Waals surface area contributed by atoms with E-state index in [0.29, 0.717) is 11.5 Å². The smallest absolute Gasteiger partial charge is 0.246 e. The van der Waals surface area contributed by atoms with Gasteiger partial charge in [-0.1, -0.05) is 48.5 Å². The van der Waals surface area contributed by atoms with Gasteiger partial charge in [0.25, 0.3) is 0 Å². The molecule has 1 amide bonds. The molecule has 0 N–H and O–H groups in total. The molecule has 0 spiro atoms. The van der Waals surface area contributed by atoms with Crippen molar-refractivity contribution in [3.05, 3.63) is 77.6 Å². The molecule has 1 aliphatic rings. The molecule has 3 heteroatoms. The molecule has 1 aliphatic heterocycles. The third kappa shape index (κ3) is 4.31. The van der Waals surface area contributed by atoms with Crippen LogP contribution in [0.4, 0.5) is 4.39 Å². The number of benzene rings is 2. The SMILES string of the molecule is O=C(/C=C/c1ccccc1F)N1CCC(Cc2ccccc2)CC1. The number of amides is 1. The lowest BCUT2D eigenvalue weighted by Crippen LogP contribution is -2.37. The fourth-order valence-corrected chi connectivity index (χ4v) is 3.18. The second kappa shape index (κ2) is 7.91. The molecule has 1 saturated heterocycles. The van der Waals surface area contributed by atoms with E-state index < -0.39 is 0 Å². The van der Waals surface area contributed by atoms with E-state index in [1.54, 1.807) is 24.3 Å². The molecule has 0 aliphatic carbocycles. The van der Waals surface area contributed by atoms with E-state index in [1.165, 1.54) is 17.7 Å². The summed E-state index contributed by atoms with van der Waals surface area (Å²) in [7, 11) is 0. The van der Waals surface area contributed by atoms with Crippen LogP contribution >= 0.6 is 0 Å². The molecule has 0 aromatic heterocycles. The zero-order valence-electron chi connectivity index (χ0n) is 13.7. The van der Waals surface area contributed by atoms with Crippen molar-refractivity contribution in [2.75, 3.05) is 13.1 Å². The Bertz CT molecular complexity index is 703. The minimum Gasteiger partial charge on any atom is -0.339 e. The molecule has 24 heavy (non-hydrogen) atoms. The number of halogens is 1. The van der Waals surface area contributed by atoms with Crippen LogP contribution < -0.4 is 0 Å². The molecule has 2 aromatic carbocycles. The van der Waals surface area contributed by atoms with E-state index in [-0.39, 0.29) is 11.7 Å². The van der Waals surface area contributed by atoms with Gasteiger partial charge in [0.2, 0.25) is 5.91 Å². The van der Waals surface area contributed by atoms with Crippen LogP contribution in [0.3, 0.4) is 0 Å². The number of carbonyl (C=O) groups is 1. The molecule has 124 valence electrons. The largest absolute Gasteiger partial charge is 0.339 e. The first-order valence-electron chi connectivity index (χ1n) is 8.48. The summed E-state index contributed by atoms with van der Waals surface area (Å²) >= 11 is 0. The maximum absolute atomic E-state index is 13.6. The van der Waals surface area contributed by atoms with Gasteiger partial charge >= 0.3 is 0 Å². The quantitative estimate of drug-likeness (QED) is 0.767. The first-order chi connectivity index (χ1) is 11.7. The van der Waals surface area contributed by atoms with Gasteiger partial charge in [0.1, 0.15) is 5.82 Å². The van der Waals surface area contributed by atoms with Gasteiger partial charge < -0.3 is 4.90 Å². The lowest BCUT2D eigenvalue weighted by molar-refractivity contribution is -0.127. The Kier molecular flexibility index (Phi) is 5.42. The van der Waals surface area contributed by atoms with Crippen LogP contribution in [-0.4, -0.2) is 23.9 Å². The van der Waals surface area contributed by atoms with Crippen LogP contribution in [0.5, 0.6) is 0 Å². The van der Waals surface area contributed by atoms with Crippen molar-refractivity contribution in [2.24, 2.45) is 5.92 Å². The van der Waals surface area contributed by atoms with Gasteiger partial charge in [-0.05, 0) is 42.9 Å². The molecule has 0 radical (unpaired) electrons. The van der Waals surface area contributed by atoms with Crippen molar-refractivity contribution in [1.82, 2.24) is 4.90 Å². The van der Waals surface area contributed by atoms with E-state index in [1.807, 2.05) is 11.0 Å². The highest BCUT2D eigenvalue weighted by atomic mass is 19.1. The first-order valence-corrected chi connectivity index (χ1v) is 8.48. The third-order valence-corrected chi connectivity index (χ3v) is 4.60. The standard InChI is InChI=1S/C21H22FNO/c22-20-9-5-4-8-19(20)10-11-21(24)23-14-12-18(13-15-23)16-17-6-2-1-3-7-17/h1-11,18H,12-16H2/b11-10+. The maximum atomic E-state index is 13.6. The highest BCUT2D eigenvalue weighted by Gasteiger charge is 2.21. The maximum Gasteiger partial charge on any atom is 0.246 e. The van der Waals surface area contributed by atoms with Crippen molar-refractivity contribution in [1.29, 1.82) is 0 Å². The second-order valence-electron chi connectivity index (χ2n) is 6.31. The van der Waals surface area contributed by atoms with E-state index in [4.69, 9.17) is 0 Å². The second-order valence-corrected chi connectivity index (χ2v) is 6.31. The number of hydrogen-bond donors (Lipinski definition) is 0. The van der Waals surface area contributed by atoms with E-state index in [0.717, 1.165) is 32.4 Å². The van der Waals surface area contributed by atoms with E-state index >= 15 is 0 Å². The molecule has 1 heterocycles. The van der Waals surface area contributed by atoms with Gasteiger partial charge in [0.15, 0.2) is 0 Å². The van der Waals surface area contributed by atoms with E-state index in [2.05, 4.69) is 24.3 Å². The highest BCUT2D eigenvalue weighted by Crippen LogP contribution is 2.22. The average molecular weight is 323 g/mol. The van der Waals surface area contributed by atoms with Crippen molar-refractivity contribution in [3.63, 3.8) is 0 Å². The lowest BCUT2D eigenvalue weighted by atomic mass is 9.90.